The first-order valence-electron chi connectivity index (χ1n) is 14.6. The summed E-state index contributed by atoms with van der Waals surface area (Å²) in [5, 5.41) is 12.5. The number of likely N-dealkylation sites (tertiary alicyclic amines) is 1. The van der Waals surface area contributed by atoms with Crippen LogP contribution in [0.3, 0.4) is 0 Å². The number of piperidine rings is 1. The fourth-order valence-electron chi connectivity index (χ4n) is 5.59. The Bertz CT molecular complexity index is 2010. The molecule has 0 spiro atoms. The van der Waals surface area contributed by atoms with Crippen LogP contribution in [0.5, 0.6) is 0 Å². The Morgan fingerprint density at radius 1 is 0.911 bits per heavy atom. The molecule has 4 aromatic heterocycles. The molecule has 1 fully saturated rings. The van der Waals surface area contributed by atoms with Gasteiger partial charge >= 0.3 is 0 Å². The molecule has 1 saturated heterocycles. The molecule has 0 unspecified atom stereocenters. The summed E-state index contributed by atoms with van der Waals surface area (Å²) >= 11 is 0. The number of nitrogens with one attached hydrogen (secondary N) is 1. The molecule has 7 rings (SSSR count). The van der Waals surface area contributed by atoms with Crippen LogP contribution in [0.4, 0.5) is 16.0 Å². The average Bonchev–Trinajstić information content (AvgIpc) is 3.45. The lowest BCUT2D eigenvalue weighted by molar-refractivity contribution is 0.211. The van der Waals surface area contributed by atoms with E-state index in [2.05, 4.69) is 54.4 Å². The van der Waals surface area contributed by atoms with Crippen molar-refractivity contribution in [3.63, 3.8) is 0 Å². The van der Waals surface area contributed by atoms with Crippen LogP contribution < -0.4 is 11.1 Å². The van der Waals surface area contributed by atoms with Crippen LogP contribution >= 0.6 is 0 Å². The van der Waals surface area contributed by atoms with E-state index in [-0.39, 0.29) is 11.6 Å². The highest BCUT2D eigenvalue weighted by molar-refractivity contribution is 5.82. The molecule has 12 heteroatoms. The van der Waals surface area contributed by atoms with Crippen molar-refractivity contribution in [1.29, 1.82) is 5.26 Å². The SMILES string of the molecule is N#Cc1nccc(NC2CCN(Cc3ccc(-n4c(-c5cccnc5N)nc5ncc(-c6ccc(F)cc6)nc54)cc3)CC2)n1. The number of pyridine rings is 1. The van der Waals surface area contributed by atoms with Crippen molar-refractivity contribution in [1.82, 2.24) is 39.4 Å². The maximum Gasteiger partial charge on any atom is 0.234 e. The monoisotopic (exact) mass is 597 g/mol. The van der Waals surface area contributed by atoms with E-state index in [0.29, 0.717) is 46.1 Å². The van der Waals surface area contributed by atoms with E-state index in [1.165, 1.54) is 17.7 Å². The summed E-state index contributed by atoms with van der Waals surface area (Å²) in [5.41, 5.74) is 11.4. The number of hydrogen-bond donors (Lipinski definition) is 2. The predicted molar refractivity (Wildman–Crippen MR) is 168 cm³/mol. The van der Waals surface area contributed by atoms with E-state index in [0.717, 1.165) is 43.7 Å². The molecule has 45 heavy (non-hydrogen) atoms. The number of aromatic nitrogens is 7. The number of rotatable bonds is 7. The second-order valence-electron chi connectivity index (χ2n) is 10.9. The first kappa shape index (κ1) is 28.0. The Hall–Kier alpha value is -5.80. The zero-order valence-electron chi connectivity index (χ0n) is 24.2. The smallest absolute Gasteiger partial charge is 0.234 e. The summed E-state index contributed by atoms with van der Waals surface area (Å²) in [6.07, 6.45) is 6.82. The fraction of sp³-hybridized carbons (Fsp3) is 0.182. The lowest BCUT2D eigenvalue weighted by Crippen LogP contribution is -2.38. The van der Waals surface area contributed by atoms with Gasteiger partial charge < -0.3 is 11.1 Å². The highest BCUT2D eigenvalue weighted by Gasteiger charge is 2.22. The maximum absolute atomic E-state index is 13.6. The van der Waals surface area contributed by atoms with Gasteiger partial charge in [-0.25, -0.2) is 34.3 Å². The number of nitrogens with two attached hydrogens (primary N) is 1. The van der Waals surface area contributed by atoms with Gasteiger partial charge in [-0.15, -0.1) is 0 Å². The highest BCUT2D eigenvalue weighted by atomic mass is 19.1. The molecule has 0 saturated carbocycles. The largest absolute Gasteiger partial charge is 0.383 e. The topological polar surface area (TPSA) is 147 Å². The minimum atomic E-state index is -0.314. The van der Waals surface area contributed by atoms with Gasteiger partial charge in [0.15, 0.2) is 17.1 Å². The van der Waals surface area contributed by atoms with E-state index in [4.69, 9.17) is 21.0 Å². The van der Waals surface area contributed by atoms with Gasteiger partial charge in [0.1, 0.15) is 23.5 Å². The molecule has 0 radical (unpaired) electrons. The van der Waals surface area contributed by atoms with Crippen molar-refractivity contribution < 1.29 is 4.39 Å². The van der Waals surface area contributed by atoms with Gasteiger partial charge in [0, 0.05) is 49.3 Å². The molecule has 11 nitrogen and oxygen atoms in total. The summed E-state index contributed by atoms with van der Waals surface area (Å²) in [4.78, 5) is 29.2. The number of nitriles is 1. The Kier molecular flexibility index (Phi) is 7.51. The van der Waals surface area contributed by atoms with Crippen LogP contribution in [-0.2, 0) is 6.54 Å². The molecule has 2 aromatic carbocycles. The van der Waals surface area contributed by atoms with Gasteiger partial charge in [-0.1, -0.05) is 12.1 Å². The third-order valence-electron chi connectivity index (χ3n) is 7.89. The molecule has 0 atom stereocenters. The lowest BCUT2D eigenvalue weighted by Gasteiger charge is -2.32. The Morgan fingerprint density at radius 2 is 1.71 bits per heavy atom. The number of hydrogen-bond acceptors (Lipinski definition) is 10. The first-order chi connectivity index (χ1) is 22.0. The quantitative estimate of drug-likeness (QED) is 0.257. The van der Waals surface area contributed by atoms with Gasteiger partial charge in [-0.2, -0.15) is 5.26 Å². The van der Waals surface area contributed by atoms with Crippen molar-refractivity contribution in [3.8, 4) is 34.4 Å². The Labute approximate surface area is 258 Å². The van der Waals surface area contributed by atoms with Crippen molar-refractivity contribution in [2.24, 2.45) is 0 Å². The van der Waals surface area contributed by atoms with E-state index in [9.17, 15) is 4.39 Å². The number of nitrogen functional groups attached to an aromatic ring is 1. The third kappa shape index (κ3) is 5.89. The van der Waals surface area contributed by atoms with Gasteiger partial charge in [-0.05, 0) is 73.0 Å². The summed E-state index contributed by atoms with van der Waals surface area (Å²) < 4.78 is 15.5. The van der Waals surface area contributed by atoms with Crippen LogP contribution in [-0.4, -0.2) is 58.5 Å². The molecule has 222 valence electrons. The van der Waals surface area contributed by atoms with Gasteiger partial charge in [-0.3, -0.25) is 9.47 Å². The molecule has 0 aliphatic carbocycles. The van der Waals surface area contributed by atoms with Crippen LogP contribution in [0, 0.1) is 17.1 Å². The third-order valence-corrected chi connectivity index (χ3v) is 7.89. The van der Waals surface area contributed by atoms with Crippen molar-refractivity contribution >= 4 is 22.9 Å². The number of fused-ring (bicyclic) bond motifs is 1. The number of nitrogens with zero attached hydrogens (tertiary/aromatic N) is 9. The van der Waals surface area contributed by atoms with E-state index >= 15 is 0 Å². The number of anilines is 2. The second-order valence-corrected chi connectivity index (χ2v) is 10.9. The van der Waals surface area contributed by atoms with Crippen LogP contribution in [0.2, 0.25) is 0 Å². The van der Waals surface area contributed by atoms with Gasteiger partial charge in [0.05, 0.1) is 17.5 Å². The Morgan fingerprint density at radius 3 is 2.47 bits per heavy atom. The summed E-state index contributed by atoms with van der Waals surface area (Å²) in [6, 6.07) is 22.3. The van der Waals surface area contributed by atoms with Crippen molar-refractivity contribution in [2.75, 3.05) is 24.1 Å². The summed E-state index contributed by atoms with van der Waals surface area (Å²) in [5.74, 6) is 1.48. The molecule has 5 heterocycles. The first-order valence-corrected chi connectivity index (χ1v) is 14.6. The zero-order chi connectivity index (χ0) is 30.8. The summed E-state index contributed by atoms with van der Waals surface area (Å²) in [7, 11) is 0. The normalized spacial score (nSPS) is 14.0. The molecule has 3 N–H and O–H groups in total. The van der Waals surface area contributed by atoms with Crippen LogP contribution in [0.1, 0.15) is 24.2 Å². The molecule has 6 aromatic rings. The molecular formula is C33H28FN11. The minimum Gasteiger partial charge on any atom is -0.383 e. The van der Waals surface area contributed by atoms with E-state index in [1.54, 1.807) is 36.8 Å². The molecular weight excluding hydrogens is 569 g/mol. The molecule has 0 amide bonds. The Balaban J connectivity index is 1.13. The fourth-order valence-corrected chi connectivity index (χ4v) is 5.59. The molecule has 1 aliphatic rings. The van der Waals surface area contributed by atoms with Crippen molar-refractivity contribution in [3.05, 3.63) is 103 Å². The zero-order valence-corrected chi connectivity index (χ0v) is 24.2. The van der Waals surface area contributed by atoms with Gasteiger partial charge in [0.2, 0.25) is 5.82 Å². The number of imidazole rings is 1. The van der Waals surface area contributed by atoms with Gasteiger partial charge in [0.25, 0.3) is 0 Å². The minimum absolute atomic E-state index is 0.168. The van der Waals surface area contributed by atoms with E-state index in [1.807, 2.05) is 22.8 Å². The standard InChI is InChI=1S/C33H28FN11/c34-23-7-5-22(6-8-23)27-19-39-31-33(41-27)45(32(43-31)26-2-1-14-38-30(26)36)25-9-3-21(4-10-25)20-44-16-12-24(13-17-44)40-28-11-15-37-29(18-35)42-28/h1-11,14-15,19,24H,12-13,16-17,20H2,(H2,36,38)(H,37,40,42). The predicted octanol–water partition coefficient (Wildman–Crippen LogP) is 5.00. The average molecular weight is 598 g/mol. The summed E-state index contributed by atoms with van der Waals surface area (Å²) in [6.45, 7) is 2.70. The van der Waals surface area contributed by atoms with Crippen LogP contribution in [0.15, 0.2) is 85.3 Å². The van der Waals surface area contributed by atoms with Crippen LogP contribution in [0.25, 0.3) is 39.6 Å². The van der Waals surface area contributed by atoms with Crippen molar-refractivity contribution in [2.45, 2.75) is 25.4 Å². The van der Waals surface area contributed by atoms with E-state index < -0.39 is 0 Å². The number of halogens is 1. The molecule has 1 aliphatic heterocycles. The molecule has 0 bridgehead atoms. The maximum atomic E-state index is 13.6. The lowest BCUT2D eigenvalue weighted by atomic mass is 10.0. The second kappa shape index (κ2) is 12.1. The highest BCUT2D eigenvalue weighted by Crippen LogP contribution is 2.31. The number of benzene rings is 2.